The number of amides is 4. The average molecular weight is 654 g/mol. The molecule has 13 heteroatoms. The van der Waals surface area contributed by atoms with Gasteiger partial charge in [-0.2, -0.15) is 0 Å². The highest BCUT2D eigenvalue weighted by Crippen LogP contribution is 2.38. The van der Waals surface area contributed by atoms with Crippen LogP contribution in [0.25, 0.3) is 6.08 Å². The molecule has 1 N–H and O–H groups in total. The number of hydrogen-bond acceptors (Lipinski definition) is 9. The van der Waals surface area contributed by atoms with Crippen LogP contribution in [-0.4, -0.2) is 48.5 Å². The van der Waals surface area contributed by atoms with E-state index in [9.17, 15) is 24.5 Å². The zero-order valence-corrected chi connectivity index (χ0v) is 25.1. The van der Waals surface area contributed by atoms with Gasteiger partial charge in [-0.15, -0.1) is 0 Å². The van der Waals surface area contributed by atoms with Crippen molar-refractivity contribution in [2.75, 3.05) is 20.8 Å². The fraction of sp³-hybridized carbons (Fsp3) is 0.233. The van der Waals surface area contributed by atoms with Gasteiger partial charge in [0.2, 0.25) is 0 Å². The first kappa shape index (κ1) is 31.0. The maximum Gasteiger partial charge on any atom is 0.331 e. The van der Waals surface area contributed by atoms with E-state index in [1.54, 1.807) is 42.5 Å². The van der Waals surface area contributed by atoms with Crippen molar-refractivity contribution in [3.05, 3.63) is 91.4 Å². The van der Waals surface area contributed by atoms with E-state index in [2.05, 4.69) is 21.2 Å². The standard InChI is InChI=1S/C30H28BrN3O9/c1-4-11-42-24-10-7-19(14-25(24)40-2)16-33-29(36)22(28(35)32-30(33)37)12-20-13-23(31)27(26(15-20)41-3)43-17-18-5-8-21(9-6-18)34(38)39/h5-10,12-15H,4,11,16-17H2,1-3H3,(H,32,35,37)/b22-12+. The molecular formula is C30H28BrN3O9. The van der Waals surface area contributed by atoms with E-state index in [0.29, 0.717) is 50.8 Å². The molecule has 0 saturated carbocycles. The Kier molecular flexibility index (Phi) is 9.99. The predicted octanol–water partition coefficient (Wildman–Crippen LogP) is 5.40. The number of nitrogens with one attached hydrogen (secondary N) is 1. The van der Waals surface area contributed by atoms with Gasteiger partial charge in [0.05, 0.1) is 36.8 Å². The molecule has 224 valence electrons. The summed E-state index contributed by atoms with van der Waals surface area (Å²) in [7, 11) is 2.93. The SMILES string of the molecule is CCCOc1ccc(CN2C(=O)NC(=O)/C(=C\c3cc(Br)c(OCc4ccc([N+](=O)[O-])cc4)c(OC)c3)C2=O)cc1OC. The van der Waals surface area contributed by atoms with Gasteiger partial charge in [-0.1, -0.05) is 13.0 Å². The molecule has 43 heavy (non-hydrogen) atoms. The summed E-state index contributed by atoms with van der Waals surface area (Å²) < 4.78 is 22.9. The van der Waals surface area contributed by atoms with Gasteiger partial charge in [0.25, 0.3) is 17.5 Å². The lowest BCUT2D eigenvalue weighted by molar-refractivity contribution is -0.384. The first-order valence-corrected chi connectivity index (χ1v) is 13.9. The molecular weight excluding hydrogens is 626 g/mol. The van der Waals surface area contributed by atoms with Gasteiger partial charge in [0.15, 0.2) is 23.0 Å². The quantitative estimate of drug-likeness (QED) is 0.117. The van der Waals surface area contributed by atoms with E-state index >= 15 is 0 Å². The minimum absolute atomic E-state index is 0.0314. The number of non-ortho nitro benzene ring substituents is 1. The second kappa shape index (κ2) is 13.8. The number of hydrogen-bond donors (Lipinski definition) is 1. The van der Waals surface area contributed by atoms with Crippen LogP contribution in [0, 0.1) is 10.1 Å². The maximum absolute atomic E-state index is 13.4. The van der Waals surface area contributed by atoms with E-state index in [1.807, 2.05) is 6.92 Å². The Morgan fingerprint density at radius 2 is 1.63 bits per heavy atom. The lowest BCUT2D eigenvalue weighted by Crippen LogP contribution is -2.53. The van der Waals surface area contributed by atoms with E-state index in [1.165, 1.54) is 32.4 Å². The first-order valence-electron chi connectivity index (χ1n) is 13.1. The van der Waals surface area contributed by atoms with Crippen LogP contribution in [0.15, 0.2) is 64.6 Å². The highest BCUT2D eigenvalue weighted by molar-refractivity contribution is 9.10. The molecule has 0 atom stereocenters. The van der Waals surface area contributed by atoms with Gasteiger partial charge >= 0.3 is 6.03 Å². The lowest BCUT2D eigenvalue weighted by atomic mass is 10.1. The molecule has 4 amide bonds. The fourth-order valence-corrected chi connectivity index (χ4v) is 4.74. The molecule has 1 heterocycles. The van der Waals surface area contributed by atoms with Crippen LogP contribution < -0.4 is 24.3 Å². The van der Waals surface area contributed by atoms with Gasteiger partial charge in [-0.25, -0.2) is 4.79 Å². The monoisotopic (exact) mass is 653 g/mol. The number of urea groups is 1. The molecule has 12 nitrogen and oxygen atoms in total. The van der Waals surface area contributed by atoms with Crippen molar-refractivity contribution in [1.29, 1.82) is 0 Å². The normalized spacial score (nSPS) is 14.0. The van der Waals surface area contributed by atoms with E-state index in [-0.39, 0.29) is 24.4 Å². The molecule has 0 aromatic heterocycles. The number of nitro benzene ring substituents is 1. The van der Waals surface area contributed by atoms with Crippen LogP contribution in [0.1, 0.15) is 30.0 Å². The van der Waals surface area contributed by atoms with Crippen molar-refractivity contribution in [3.8, 4) is 23.0 Å². The van der Waals surface area contributed by atoms with Crippen molar-refractivity contribution in [3.63, 3.8) is 0 Å². The maximum atomic E-state index is 13.4. The lowest BCUT2D eigenvalue weighted by Gasteiger charge is -2.26. The topological polar surface area (TPSA) is 147 Å². The van der Waals surface area contributed by atoms with Gasteiger partial charge in [-0.3, -0.25) is 29.9 Å². The number of halogens is 1. The Morgan fingerprint density at radius 3 is 2.28 bits per heavy atom. The Morgan fingerprint density at radius 1 is 0.930 bits per heavy atom. The number of ether oxygens (including phenoxy) is 4. The third-order valence-electron chi connectivity index (χ3n) is 6.31. The summed E-state index contributed by atoms with van der Waals surface area (Å²) in [4.78, 5) is 50.0. The third kappa shape index (κ3) is 7.30. The summed E-state index contributed by atoms with van der Waals surface area (Å²) in [5, 5.41) is 13.1. The van der Waals surface area contributed by atoms with E-state index in [4.69, 9.17) is 18.9 Å². The van der Waals surface area contributed by atoms with E-state index < -0.39 is 22.8 Å². The molecule has 0 spiro atoms. The Labute approximate surface area is 255 Å². The molecule has 1 aliphatic rings. The van der Waals surface area contributed by atoms with Gasteiger partial charge < -0.3 is 18.9 Å². The highest BCUT2D eigenvalue weighted by Gasteiger charge is 2.36. The molecule has 1 aliphatic heterocycles. The third-order valence-corrected chi connectivity index (χ3v) is 6.90. The smallest absolute Gasteiger partial charge is 0.331 e. The van der Waals surface area contributed by atoms with Crippen LogP contribution >= 0.6 is 15.9 Å². The second-order valence-electron chi connectivity index (χ2n) is 9.29. The minimum atomic E-state index is -0.842. The van der Waals surface area contributed by atoms with E-state index in [0.717, 1.165) is 11.3 Å². The number of imide groups is 2. The Bertz CT molecular complexity index is 1590. The van der Waals surface area contributed by atoms with Crippen molar-refractivity contribution in [1.82, 2.24) is 10.2 Å². The molecule has 4 rings (SSSR count). The molecule has 0 unspecified atom stereocenters. The number of carbonyl (C=O) groups is 3. The summed E-state index contributed by atoms with van der Waals surface area (Å²) in [6.07, 6.45) is 2.17. The number of nitrogens with zero attached hydrogens (tertiary/aromatic N) is 2. The van der Waals surface area contributed by atoms with Gasteiger partial charge in [-0.05, 0) is 81.5 Å². The Hall–Kier alpha value is -4.91. The number of methoxy groups -OCH3 is 2. The largest absolute Gasteiger partial charge is 0.493 e. The molecule has 1 fully saturated rings. The summed E-state index contributed by atoms with van der Waals surface area (Å²) in [5.74, 6) is 0.0403. The van der Waals surface area contributed by atoms with Crippen LogP contribution in [0.4, 0.5) is 10.5 Å². The summed E-state index contributed by atoms with van der Waals surface area (Å²) in [6.45, 7) is 2.48. The predicted molar refractivity (Wildman–Crippen MR) is 159 cm³/mol. The molecule has 3 aromatic carbocycles. The number of nitro groups is 1. The number of rotatable bonds is 12. The first-order chi connectivity index (χ1) is 20.6. The second-order valence-corrected chi connectivity index (χ2v) is 10.1. The zero-order chi connectivity index (χ0) is 31.1. The molecule has 0 radical (unpaired) electrons. The van der Waals surface area contributed by atoms with Crippen LogP contribution in [0.2, 0.25) is 0 Å². The molecule has 0 bridgehead atoms. The van der Waals surface area contributed by atoms with Crippen molar-refractivity contribution in [2.24, 2.45) is 0 Å². The summed E-state index contributed by atoms with van der Waals surface area (Å²) >= 11 is 3.44. The van der Waals surface area contributed by atoms with Gasteiger partial charge in [0.1, 0.15) is 12.2 Å². The summed E-state index contributed by atoms with van der Waals surface area (Å²) in [6, 6.07) is 13.4. The average Bonchev–Trinajstić information content (AvgIpc) is 2.99. The Balaban J connectivity index is 1.55. The number of barbiturate groups is 1. The summed E-state index contributed by atoms with van der Waals surface area (Å²) in [5.41, 5.74) is 1.44. The zero-order valence-electron chi connectivity index (χ0n) is 23.5. The van der Waals surface area contributed by atoms with Crippen molar-refractivity contribution in [2.45, 2.75) is 26.5 Å². The number of benzene rings is 3. The van der Waals surface area contributed by atoms with Gasteiger partial charge in [0, 0.05) is 12.1 Å². The highest BCUT2D eigenvalue weighted by atomic mass is 79.9. The van der Waals surface area contributed by atoms with Crippen LogP contribution in [0.3, 0.4) is 0 Å². The fourth-order valence-electron chi connectivity index (χ4n) is 4.16. The van der Waals surface area contributed by atoms with Crippen molar-refractivity contribution >= 4 is 45.5 Å². The molecule has 3 aromatic rings. The van der Waals surface area contributed by atoms with Crippen LogP contribution in [-0.2, 0) is 22.7 Å². The van der Waals surface area contributed by atoms with Crippen LogP contribution in [0.5, 0.6) is 23.0 Å². The van der Waals surface area contributed by atoms with Crippen molar-refractivity contribution < 1.29 is 38.3 Å². The number of carbonyl (C=O) groups excluding carboxylic acids is 3. The minimum Gasteiger partial charge on any atom is -0.493 e. The molecule has 0 aliphatic carbocycles. The molecule has 1 saturated heterocycles.